The van der Waals surface area contributed by atoms with Gasteiger partial charge in [-0.1, -0.05) is 274 Å². The van der Waals surface area contributed by atoms with Crippen LogP contribution in [0.3, 0.4) is 0 Å². The van der Waals surface area contributed by atoms with E-state index in [9.17, 15) is 13.7 Å². The molecule has 0 atom stereocenters. The van der Waals surface area contributed by atoms with Gasteiger partial charge in [0.2, 0.25) is 0 Å². The number of aromatic nitrogens is 1. The Morgan fingerprint density at radius 2 is 0.689 bits per heavy atom. The van der Waals surface area contributed by atoms with Crippen LogP contribution < -0.4 is 87.4 Å². The second-order valence-electron chi connectivity index (χ2n) is 32.4. The fourth-order valence-corrected chi connectivity index (χ4v) is 15.2. The van der Waals surface area contributed by atoms with E-state index in [-0.39, 0.29) is 86.8 Å². The molecule has 0 spiro atoms. The molecule has 6 aliphatic heterocycles. The minimum absolute atomic E-state index is 0.0619. The highest BCUT2D eigenvalue weighted by molar-refractivity contribution is 6.99. The van der Waals surface area contributed by atoms with Crippen molar-refractivity contribution in [2.45, 2.75) is 132 Å². The molecule has 6 aliphatic rings. The molecule has 16 aromatic rings. The monoisotopic (exact) mass is 1650 g/mol. The van der Waals surface area contributed by atoms with Crippen molar-refractivity contribution in [1.29, 1.82) is 0 Å². The van der Waals surface area contributed by atoms with Crippen molar-refractivity contribution < 1.29 is 105 Å². The Morgan fingerprint density at radius 3 is 1.20 bits per heavy atom. The largest absolute Gasteiger partial charge is 0.458 e. The zero-order chi connectivity index (χ0) is 132. The summed E-state index contributed by atoms with van der Waals surface area (Å²) in [4.78, 5) is 1.14. The number of benzene rings is 15. The predicted molar refractivity (Wildman–Crippen MR) is 510 cm³/mol. The van der Waals surface area contributed by atoms with E-state index < -0.39 is 384 Å². The van der Waals surface area contributed by atoms with E-state index in [4.69, 9.17) is 91.5 Å². The first kappa shape index (κ1) is 37.4. The summed E-state index contributed by atoms with van der Waals surface area (Å²) in [6, 6.07) is -8.47. The first-order valence-electron chi connectivity index (χ1n) is 66.3. The summed E-state index contributed by atoms with van der Waals surface area (Å²) >= 11 is 0. The first-order chi connectivity index (χ1) is 81.9. The number of para-hydroxylation sites is 4. The van der Waals surface area contributed by atoms with Gasteiger partial charge < -0.3 is 42.8 Å². The Hall–Kier alpha value is -13.3. The lowest BCUT2D eigenvalue weighted by Gasteiger charge is -2.35. The Labute approximate surface area is 797 Å². The third-order valence-electron chi connectivity index (χ3n) is 21.0. The zero-order valence-electron chi connectivity index (χ0n) is 122. The molecule has 1 aromatic heterocycles. The molecule has 12 heteroatoms. The molecule has 122 heavy (non-hydrogen) atoms. The van der Waals surface area contributed by atoms with Gasteiger partial charge in [0.25, 0.3) is 20.1 Å². The maximum atomic E-state index is 9.66. The van der Waals surface area contributed by atoms with Gasteiger partial charge in [0.05, 0.1) is 74.5 Å². The Morgan fingerprint density at radius 1 is 0.303 bits per heavy atom. The predicted octanol–water partition coefficient (Wildman–Crippen LogP) is 23.7. The highest BCUT2D eigenvalue weighted by Gasteiger charge is 2.46. The smallest absolute Gasteiger partial charge is 0.260 e. The van der Waals surface area contributed by atoms with Gasteiger partial charge in [-0.05, 0) is 213 Å². The molecule has 15 aromatic carbocycles. The van der Waals surface area contributed by atoms with Gasteiger partial charge in [0, 0.05) is 104 Å². The fraction of sp³-hybridized carbons (Fsp3) is 0.182. The second kappa shape index (κ2) is 29.3. The summed E-state index contributed by atoms with van der Waals surface area (Å²) in [6.45, 7) is -8.50. The van der Waals surface area contributed by atoms with E-state index in [0.717, 1.165) is 39.6 Å². The van der Waals surface area contributed by atoms with E-state index >= 15 is 0 Å². The normalized spacial score (nSPS) is 20.4. The number of ether oxygens (including phenoxy) is 6. The average molecular weight is 1650 g/mol. The molecule has 0 aliphatic carbocycles. The maximum Gasteiger partial charge on any atom is 0.260 e. The second-order valence-corrected chi connectivity index (χ2v) is 32.4. The molecule has 0 radical (unpaired) electrons. The van der Waals surface area contributed by atoms with E-state index in [2.05, 4.69) is 4.57 Å². The van der Waals surface area contributed by atoms with Gasteiger partial charge in [-0.3, -0.25) is 0 Å². The summed E-state index contributed by atoms with van der Waals surface area (Å²) in [5, 5.41) is 1.78. The minimum Gasteiger partial charge on any atom is -0.458 e. The van der Waals surface area contributed by atoms with Crippen LogP contribution in [0.2, 0.25) is 0 Å². The van der Waals surface area contributed by atoms with Gasteiger partial charge in [-0.2, -0.15) is 0 Å². The summed E-state index contributed by atoms with van der Waals surface area (Å²) < 4.78 is 529. The molecular weight excluding hydrogens is 1490 g/mol. The summed E-state index contributed by atoms with van der Waals surface area (Å²) in [7, 11) is 0. The van der Waals surface area contributed by atoms with Crippen molar-refractivity contribution in [3.05, 3.63) is 347 Å². The third kappa shape index (κ3) is 13.6. The summed E-state index contributed by atoms with van der Waals surface area (Å²) in [5.74, 6) is -3.90. The molecule has 22 rings (SSSR count). The lowest BCUT2D eigenvalue weighted by Crippen LogP contribution is -2.58. The lowest BCUT2D eigenvalue weighted by molar-refractivity contribution is 0.464. The average Bonchev–Trinajstić information content (AvgIpc) is 1.28. The fourth-order valence-electron chi connectivity index (χ4n) is 15.2. The van der Waals surface area contributed by atoms with E-state index in [1.165, 1.54) is 6.92 Å². The van der Waals surface area contributed by atoms with E-state index in [1.807, 2.05) is 102 Å². The van der Waals surface area contributed by atoms with Crippen LogP contribution in [0.1, 0.15) is 204 Å². The molecule has 0 bridgehead atoms. The molecule has 0 unspecified atom stereocenters. The van der Waals surface area contributed by atoms with Crippen molar-refractivity contribution in [3.63, 3.8) is 0 Å². The standard InChI is InChI=1S/C38H34BNO2.C38H36BNO2.C34H28BNO2/c1-37(2,3)23-16-18-31-28(20-23)39-29-21-24(38(4,5)6)17-19-32(29)42-36-34(39)33(41-31)22-27-26-14-10-11-15-30(26)40(35(27)36)25-12-8-7-9-13-25;1-37(2,3)25-15-19-27(20-16-25)40(28-21-17-26(18-22-28)38(4,5)6)29-23-34-36-35(24-29)42-33-14-10-8-12-31(33)39(36)30-11-7-9-13-32(30)41-34;1-21-5-11-25(12-6-21)36(26-13-7-22(2)8-14-26)27-19-32-34-33(20-27)38-31-16-10-24(4)18-29(31)35(34)28-17-23(3)9-15-30(28)37-32/h7-22H,1-6H3;7-24H,1-6H3;5-20H,1-4H3/i16D,17D,18D,19D,20D,21D;1D3,2D3,3D3,7D,8D,9D,10D,11D,12D,13D,14D,15D,16D,17D,18D,19D,20D,21D,22D;1D3,3D3,4D3,5D,6D,7D,8D,9D,10D,11D,12D,13D,14D,15D,16D,17D,18D,19D,20D. The summed E-state index contributed by atoms with van der Waals surface area (Å²) in [6.07, 6.45) is 0. The van der Waals surface area contributed by atoms with Crippen LogP contribution in [-0.4, -0.2) is 24.7 Å². The molecule has 7 heterocycles. The van der Waals surface area contributed by atoms with Crippen molar-refractivity contribution in [2.24, 2.45) is 0 Å². The van der Waals surface area contributed by atoms with Crippen molar-refractivity contribution in [1.82, 2.24) is 4.57 Å². The molecule has 0 amide bonds. The highest BCUT2D eigenvalue weighted by atomic mass is 16.5. The van der Waals surface area contributed by atoms with Crippen LogP contribution in [0.4, 0.5) is 34.1 Å². The van der Waals surface area contributed by atoms with Crippen LogP contribution in [0.25, 0.3) is 27.5 Å². The van der Waals surface area contributed by atoms with Gasteiger partial charge in [0.15, 0.2) is 5.75 Å². The lowest BCUT2D eigenvalue weighted by atomic mass is 9.34. The quantitative estimate of drug-likeness (QED) is 0.146. The Kier molecular flexibility index (Phi) is 8.96. The third-order valence-corrected chi connectivity index (χ3v) is 21.0. The topological polar surface area (TPSA) is 66.8 Å². The highest BCUT2D eigenvalue weighted by Crippen LogP contribution is 2.49. The van der Waals surface area contributed by atoms with Gasteiger partial charge in [-0.15, -0.1) is 0 Å². The number of anilines is 6. The van der Waals surface area contributed by atoms with Crippen LogP contribution in [0.5, 0.6) is 69.0 Å². The molecule has 0 N–H and O–H groups in total. The number of nitrogens with zero attached hydrogens (tertiary/aromatic N) is 3. The van der Waals surface area contributed by atoms with Crippen molar-refractivity contribution in [3.8, 4) is 74.7 Å². The van der Waals surface area contributed by atoms with Gasteiger partial charge in [-0.25, -0.2) is 0 Å². The maximum absolute atomic E-state index is 9.66. The Bertz CT molecular complexity index is 9700. The molecular formula is C110H98B3N3O6. The van der Waals surface area contributed by atoms with Crippen molar-refractivity contribution in [2.75, 3.05) is 9.80 Å². The minimum atomic E-state index is -4.05. The van der Waals surface area contributed by atoms with Crippen LogP contribution >= 0.6 is 0 Å². The van der Waals surface area contributed by atoms with Crippen LogP contribution in [-0.2, 0) is 21.7 Å². The first-order valence-corrected chi connectivity index (χ1v) is 38.3. The Balaban J connectivity index is 0.000000158. The molecule has 0 saturated carbocycles. The van der Waals surface area contributed by atoms with Crippen LogP contribution in [0.15, 0.2) is 302 Å². The molecule has 9 nitrogen and oxygen atoms in total. The number of hydrogen-bond donors (Lipinski definition) is 0. The zero-order valence-corrected chi connectivity index (χ0v) is 66.5. The van der Waals surface area contributed by atoms with Crippen molar-refractivity contribution >= 4 is 125 Å². The van der Waals surface area contributed by atoms with Gasteiger partial charge >= 0.3 is 0 Å². The van der Waals surface area contributed by atoms with E-state index in [0.29, 0.717) is 48.8 Å². The SMILES string of the molecule is [2H]c1c([2H])c(C(C)(C)C)c([2H])c2c1Oc1cc3c4ccccc4n(-c4ccccc4)c3c3c1B2c1c([2H])c(C(C)(C)C)c([2H])c([2H])c1O3.[2H]c1c([2H])c(N(c2c([2H])c([2H])c(C([2H])([2H])[2H])c([2H])c2[2H])c2c([2H])c3c4c(c2[2H])Oc2c([2H])c([2H])c(C([2H])([2H])[2H])c([2H])c2B4c2c([2H])c(C([2H])([2H])[2H])c([2H])c([2H])c2O3)c([2H])c([2H])c1C.[2H]c1c([2H])c([2H])c2c(c1[2H])Oc1cc(N(c3c([2H])c([2H])c(C(C)(C)C)c([2H])c3[2H])c3c([2H])c([2H])c(C(C([2H])([2H])[2H])(C([2H])([2H])[2H])C([2H])([2H])[2H])c([2H])c3[2H])cc3c1B2c1c([2H])c([2H])c([2H])c([2H])c1O3. The number of rotatable bonds is 7. The molecule has 0 saturated heterocycles. The van der Waals surface area contributed by atoms with Crippen LogP contribution in [0, 0.1) is 27.5 Å². The number of hydrogen-bond acceptors (Lipinski definition) is 8. The molecule has 598 valence electrons. The van der Waals surface area contributed by atoms with E-state index in [1.54, 1.807) is 20.8 Å². The van der Waals surface area contributed by atoms with Gasteiger partial charge in [0.1, 0.15) is 63.2 Å². The molecule has 0 fully saturated rings. The summed E-state index contributed by atoms with van der Waals surface area (Å²) in [5.41, 5.74) is -13.9. The number of fused-ring (bicyclic) bond motifs is 16.